The summed E-state index contributed by atoms with van der Waals surface area (Å²) in [5, 5.41) is 16.8. The summed E-state index contributed by atoms with van der Waals surface area (Å²) in [6, 6.07) is 1.86. The van der Waals surface area contributed by atoms with Crippen molar-refractivity contribution >= 4 is 23.1 Å². The van der Waals surface area contributed by atoms with Gasteiger partial charge in [-0.05, 0) is 63.4 Å². The van der Waals surface area contributed by atoms with E-state index in [9.17, 15) is 14.7 Å². The minimum absolute atomic E-state index is 0.240. The number of halogens is 1. The second-order valence-electron chi connectivity index (χ2n) is 8.44. The van der Waals surface area contributed by atoms with E-state index in [0.29, 0.717) is 22.8 Å². The van der Waals surface area contributed by atoms with Gasteiger partial charge in [-0.1, -0.05) is 0 Å². The molecule has 0 radical (unpaired) electrons. The van der Waals surface area contributed by atoms with E-state index in [1.54, 1.807) is 0 Å². The number of fused-ring (bicyclic) bond motifs is 1. The van der Waals surface area contributed by atoms with Gasteiger partial charge in [0, 0.05) is 26.1 Å². The van der Waals surface area contributed by atoms with Crippen LogP contribution in [-0.4, -0.2) is 64.7 Å². The van der Waals surface area contributed by atoms with Crippen molar-refractivity contribution in [2.45, 2.75) is 45.1 Å². The number of aliphatic carboxylic acids is 1. The number of likely N-dealkylation sites (N-methyl/N-ethyl adjacent to an activating group) is 1. The van der Waals surface area contributed by atoms with Crippen LogP contribution in [0.25, 0.3) is 5.52 Å². The topological polar surface area (TPSA) is 103 Å². The van der Waals surface area contributed by atoms with E-state index in [-0.39, 0.29) is 11.5 Å². The van der Waals surface area contributed by atoms with E-state index in [1.165, 1.54) is 16.7 Å². The lowest BCUT2D eigenvalue weighted by atomic mass is 10.0. The molecule has 31 heavy (non-hydrogen) atoms. The van der Waals surface area contributed by atoms with Crippen molar-refractivity contribution in [1.82, 2.24) is 9.30 Å². The van der Waals surface area contributed by atoms with Crippen molar-refractivity contribution in [2.75, 3.05) is 32.1 Å². The van der Waals surface area contributed by atoms with Crippen molar-refractivity contribution in [3.63, 3.8) is 0 Å². The Morgan fingerprint density at radius 3 is 2.29 bits per heavy atom. The van der Waals surface area contributed by atoms with Crippen molar-refractivity contribution in [3.8, 4) is 0 Å². The second kappa shape index (κ2) is 8.66. The van der Waals surface area contributed by atoms with Crippen molar-refractivity contribution in [2.24, 2.45) is 0 Å². The Balaban J connectivity index is 0.000000628. The van der Waals surface area contributed by atoms with E-state index < -0.39 is 23.3 Å². The van der Waals surface area contributed by atoms with Gasteiger partial charge in [-0.15, -0.1) is 0 Å². The highest BCUT2D eigenvalue weighted by molar-refractivity contribution is 5.89. The summed E-state index contributed by atoms with van der Waals surface area (Å²) in [7, 11) is 4.05. The van der Waals surface area contributed by atoms with Crippen LogP contribution >= 0.6 is 0 Å². The quantitative estimate of drug-likeness (QED) is 0.764. The molecule has 4 rings (SSSR count). The van der Waals surface area contributed by atoms with Gasteiger partial charge in [-0.3, -0.25) is 14.0 Å². The fourth-order valence-corrected chi connectivity index (χ4v) is 4.26. The molecular formula is C22H28FN3O5. The number of carboxylic acid groups (broad SMARTS) is 2. The lowest BCUT2D eigenvalue weighted by Crippen LogP contribution is -2.32. The number of carboxylic acids is 2. The summed E-state index contributed by atoms with van der Waals surface area (Å²) in [5.74, 6) is -2.35. The Labute approximate surface area is 179 Å². The maximum atomic E-state index is 15.1. The Morgan fingerprint density at radius 1 is 1.19 bits per heavy atom. The molecule has 1 atom stereocenters. The van der Waals surface area contributed by atoms with E-state index in [1.807, 2.05) is 25.9 Å². The van der Waals surface area contributed by atoms with Crippen LogP contribution in [0.5, 0.6) is 0 Å². The molecule has 1 unspecified atom stereocenters. The van der Waals surface area contributed by atoms with Gasteiger partial charge < -0.3 is 20.0 Å². The summed E-state index contributed by atoms with van der Waals surface area (Å²) in [5.41, 5.74) is 1.78. The maximum Gasteiger partial charge on any atom is 0.341 e. The smallest absolute Gasteiger partial charge is 0.341 e. The largest absolute Gasteiger partial charge is 0.481 e. The molecule has 2 aliphatic rings. The van der Waals surface area contributed by atoms with Crippen molar-refractivity contribution < 1.29 is 24.2 Å². The standard InChI is InChI=1S/C20H24FN3O3.C2H4O2/c1-11-17-14(12-4-5-12)8-15(20(26)27)19(25)24(17)10-16(21)18(11)23-7-6-13(9-23)22(2)3;1-2(3)4/h8,10,12-13H,4-7,9H2,1-3H3,(H,26,27);1H3,(H,3,4). The number of aromatic carboxylic acids is 1. The van der Waals surface area contributed by atoms with Gasteiger partial charge in [-0.2, -0.15) is 0 Å². The number of hydrogen-bond acceptors (Lipinski definition) is 5. The molecule has 1 saturated heterocycles. The number of aromatic nitrogens is 1. The highest BCUT2D eigenvalue weighted by atomic mass is 19.1. The molecule has 2 N–H and O–H groups in total. The third-order valence-corrected chi connectivity index (χ3v) is 5.90. The van der Waals surface area contributed by atoms with Crippen LogP contribution < -0.4 is 10.5 Å². The number of rotatable bonds is 4. The van der Waals surface area contributed by atoms with E-state index in [0.717, 1.165) is 44.8 Å². The van der Waals surface area contributed by atoms with Gasteiger partial charge in [0.05, 0.1) is 17.4 Å². The molecule has 2 fully saturated rings. The molecule has 0 bridgehead atoms. The molecule has 2 aromatic heterocycles. The van der Waals surface area contributed by atoms with Gasteiger partial charge in [0.2, 0.25) is 0 Å². The van der Waals surface area contributed by atoms with Crippen LogP contribution in [0.1, 0.15) is 53.6 Å². The van der Waals surface area contributed by atoms with Crippen LogP contribution in [0.15, 0.2) is 17.1 Å². The van der Waals surface area contributed by atoms with Gasteiger partial charge in [0.1, 0.15) is 5.56 Å². The third kappa shape index (κ3) is 4.56. The second-order valence-corrected chi connectivity index (χ2v) is 8.44. The van der Waals surface area contributed by atoms with E-state index in [2.05, 4.69) is 4.90 Å². The van der Waals surface area contributed by atoms with Gasteiger partial charge in [0.25, 0.3) is 11.5 Å². The Hall–Kier alpha value is -2.94. The first-order valence-corrected chi connectivity index (χ1v) is 10.3. The molecule has 3 heterocycles. The highest BCUT2D eigenvalue weighted by Crippen LogP contribution is 2.44. The van der Waals surface area contributed by atoms with Crippen LogP contribution in [0, 0.1) is 12.7 Å². The summed E-state index contributed by atoms with van der Waals surface area (Å²) in [6.45, 7) is 4.41. The number of carbonyl (C=O) groups is 2. The minimum Gasteiger partial charge on any atom is -0.481 e. The number of anilines is 1. The van der Waals surface area contributed by atoms with Crippen molar-refractivity contribution in [3.05, 3.63) is 45.1 Å². The molecule has 1 aliphatic carbocycles. The molecule has 0 aromatic carbocycles. The summed E-state index contributed by atoms with van der Waals surface area (Å²) in [4.78, 5) is 37.3. The summed E-state index contributed by atoms with van der Waals surface area (Å²) >= 11 is 0. The minimum atomic E-state index is -1.27. The molecule has 1 saturated carbocycles. The molecule has 0 amide bonds. The normalized spacial score (nSPS) is 18.3. The molecule has 168 valence electrons. The molecule has 9 heteroatoms. The third-order valence-electron chi connectivity index (χ3n) is 5.90. The SMILES string of the molecule is CC(=O)O.Cc1c(N2CCC(N(C)C)C2)c(F)cn2c(=O)c(C(=O)O)cc(C3CC3)c12. The van der Waals surface area contributed by atoms with Crippen LogP contribution in [0.2, 0.25) is 0 Å². The predicted molar refractivity (Wildman–Crippen MR) is 115 cm³/mol. The van der Waals surface area contributed by atoms with Gasteiger partial charge in [0.15, 0.2) is 5.82 Å². The number of hydrogen-bond donors (Lipinski definition) is 2. The molecule has 8 nitrogen and oxygen atoms in total. The number of pyridine rings is 2. The van der Waals surface area contributed by atoms with Crippen LogP contribution in [0.3, 0.4) is 0 Å². The first-order valence-electron chi connectivity index (χ1n) is 10.3. The zero-order valence-corrected chi connectivity index (χ0v) is 18.2. The fraction of sp³-hybridized carbons (Fsp3) is 0.500. The van der Waals surface area contributed by atoms with E-state index >= 15 is 4.39 Å². The zero-order valence-electron chi connectivity index (χ0n) is 18.2. The Morgan fingerprint density at radius 2 is 1.81 bits per heavy atom. The zero-order chi connectivity index (χ0) is 23.0. The van der Waals surface area contributed by atoms with Gasteiger partial charge in [-0.25, -0.2) is 9.18 Å². The number of nitrogens with zero attached hydrogens (tertiary/aromatic N) is 3. The summed E-state index contributed by atoms with van der Waals surface area (Å²) in [6.07, 6.45) is 4.05. The lowest BCUT2D eigenvalue weighted by molar-refractivity contribution is -0.134. The fourth-order valence-electron chi connectivity index (χ4n) is 4.26. The Bertz CT molecular complexity index is 1090. The monoisotopic (exact) mass is 433 g/mol. The van der Waals surface area contributed by atoms with Crippen molar-refractivity contribution in [1.29, 1.82) is 0 Å². The molecular weight excluding hydrogens is 405 g/mol. The molecule has 2 aromatic rings. The first-order chi connectivity index (χ1) is 14.5. The number of aryl methyl sites for hydroxylation is 1. The first kappa shape index (κ1) is 22.7. The predicted octanol–water partition coefficient (Wildman–Crippen LogP) is 2.55. The van der Waals surface area contributed by atoms with Crippen LogP contribution in [-0.2, 0) is 4.79 Å². The average molecular weight is 433 g/mol. The molecule has 0 spiro atoms. The average Bonchev–Trinajstić information content (AvgIpc) is 3.39. The summed E-state index contributed by atoms with van der Waals surface area (Å²) < 4.78 is 16.3. The van der Waals surface area contributed by atoms with E-state index in [4.69, 9.17) is 9.90 Å². The highest BCUT2D eigenvalue weighted by Gasteiger charge is 2.32. The molecule has 1 aliphatic heterocycles. The van der Waals surface area contributed by atoms with Gasteiger partial charge >= 0.3 is 5.97 Å². The van der Waals surface area contributed by atoms with Crippen LogP contribution in [0.4, 0.5) is 10.1 Å². The maximum absolute atomic E-state index is 15.1. The lowest BCUT2D eigenvalue weighted by Gasteiger charge is -2.25. The Kier molecular flexibility index (Phi) is 6.35.